The Hall–Kier alpha value is -0.530. The Kier molecular flexibility index (Phi) is 1.03. The summed E-state index contributed by atoms with van der Waals surface area (Å²) in [5, 5.41) is 0.961. The predicted octanol–water partition coefficient (Wildman–Crippen LogP) is 2.48. The summed E-state index contributed by atoms with van der Waals surface area (Å²) in [4.78, 5) is 0. The van der Waals surface area contributed by atoms with Crippen LogP contribution in [0.1, 0.15) is 0 Å². The fraction of sp³-hybridized carbons (Fsp3) is 0. The molecule has 0 aromatic heterocycles. The van der Waals surface area contributed by atoms with Crippen LogP contribution in [-0.2, 0) is 0 Å². The van der Waals surface area contributed by atoms with E-state index >= 15 is 0 Å². The maximum absolute atomic E-state index is 5.61. The summed E-state index contributed by atoms with van der Waals surface area (Å²) in [6, 6.07) is 6.06. The molecule has 2 aliphatic carbocycles. The number of halogens is 1. The van der Waals surface area contributed by atoms with Gasteiger partial charge in [-0.2, -0.15) is 0 Å². The quantitative estimate of drug-likeness (QED) is 0.580. The largest absolute Gasteiger partial charge is 0.344 e. The van der Waals surface area contributed by atoms with Gasteiger partial charge in [-0.3, -0.25) is 0 Å². The molecule has 0 saturated heterocycles. The van der Waals surface area contributed by atoms with Crippen LogP contribution in [0.4, 0.5) is 0 Å². The summed E-state index contributed by atoms with van der Waals surface area (Å²) in [6.45, 7) is 0. The van der Waals surface area contributed by atoms with E-state index < -0.39 is 0 Å². The van der Waals surface area contributed by atoms with Crippen molar-refractivity contribution in [2.45, 2.75) is 0 Å². The molecular weight excluding hydrogens is 122 g/mol. The van der Waals surface area contributed by atoms with Gasteiger partial charge in [0, 0.05) is 11.1 Å². The normalized spacial score (nSPS) is 10.1. The molecule has 0 aliphatic heterocycles. The second-order valence-corrected chi connectivity index (χ2v) is 2.05. The third-order valence-electron chi connectivity index (χ3n) is 1.23. The van der Waals surface area contributed by atoms with Crippen LogP contribution in [0.15, 0.2) is 18.2 Å². The predicted molar refractivity (Wildman–Crippen MR) is 35.5 cm³/mol. The topological polar surface area (TPSA) is 35.0 Å². The lowest BCUT2D eigenvalue weighted by Crippen LogP contribution is -1.29. The average molecular weight is 128 g/mol. The van der Waals surface area contributed by atoms with Gasteiger partial charge in [0.1, 0.15) is 0 Å². The molecule has 3 N–H and O–H groups in total. The third-order valence-corrected chi connectivity index (χ3v) is 1.63. The average Bonchev–Trinajstić information content (AvgIpc) is 2.26. The molecule has 0 heterocycles. The second-order valence-electron chi connectivity index (χ2n) is 1.67. The maximum atomic E-state index is 5.61. The summed E-state index contributed by atoms with van der Waals surface area (Å²) in [5.41, 5.74) is 2.48. The van der Waals surface area contributed by atoms with E-state index in [2.05, 4.69) is 0 Å². The van der Waals surface area contributed by atoms with Crippen molar-refractivity contribution >= 4 is 11.6 Å². The van der Waals surface area contributed by atoms with Crippen LogP contribution >= 0.6 is 11.6 Å². The molecule has 2 heteroatoms. The van der Waals surface area contributed by atoms with E-state index in [0.717, 1.165) is 5.02 Å². The van der Waals surface area contributed by atoms with Gasteiger partial charge >= 0.3 is 0 Å². The first-order chi connectivity index (χ1) is 3.39. The van der Waals surface area contributed by atoms with Crippen molar-refractivity contribution in [1.29, 1.82) is 0 Å². The summed E-state index contributed by atoms with van der Waals surface area (Å²) in [6.07, 6.45) is 0. The van der Waals surface area contributed by atoms with Crippen molar-refractivity contribution in [3.63, 3.8) is 0 Å². The van der Waals surface area contributed by atoms with Crippen LogP contribution in [0.3, 0.4) is 0 Å². The second kappa shape index (κ2) is 1.47. The first-order valence-electron chi connectivity index (χ1n) is 2.18. The minimum Gasteiger partial charge on any atom is -0.344 e. The molecule has 0 atom stereocenters. The van der Waals surface area contributed by atoms with E-state index in [1.165, 1.54) is 11.1 Å². The number of hydrogen-bond acceptors (Lipinski definition) is 1. The third kappa shape index (κ3) is 0.457. The van der Waals surface area contributed by atoms with Gasteiger partial charge in [0.15, 0.2) is 0 Å². The highest BCUT2D eigenvalue weighted by molar-refractivity contribution is 6.41. The van der Waals surface area contributed by atoms with E-state index in [-0.39, 0.29) is 6.15 Å². The van der Waals surface area contributed by atoms with Gasteiger partial charge in [-0.05, 0) is 0 Å². The smallest absolute Gasteiger partial charge is 0.0563 e. The van der Waals surface area contributed by atoms with Crippen LogP contribution in [0.25, 0.3) is 11.1 Å². The van der Waals surface area contributed by atoms with Gasteiger partial charge in [-0.15, -0.1) is 0 Å². The summed E-state index contributed by atoms with van der Waals surface area (Å²) < 4.78 is 0. The summed E-state index contributed by atoms with van der Waals surface area (Å²) in [7, 11) is 0. The molecule has 0 spiro atoms. The van der Waals surface area contributed by atoms with Crippen molar-refractivity contribution < 1.29 is 0 Å². The Bertz CT molecular complexity index is 200. The van der Waals surface area contributed by atoms with Gasteiger partial charge in [0.2, 0.25) is 0 Å². The lowest BCUT2D eigenvalue weighted by Gasteiger charge is -1.55. The summed E-state index contributed by atoms with van der Waals surface area (Å²) >= 11 is 5.61. The number of hydrogen-bond donors (Lipinski definition) is 1. The highest BCUT2D eigenvalue weighted by Gasteiger charge is 2.19. The lowest BCUT2D eigenvalue weighted by atomic mass is 10.6. The number of rotatable bonds is 0. The highest BCUT2D eigenvalue weighted by atomic mass is 35.5. The van der Waals surface area contributed by atoms with E-state index in [4.69, 9.17) is 11.6 Å². The molecule has 0 bridgehead atoms. The van der Waals surface area contributed by atoms with Gasteiger partial charge in [0.25, 0.3) is 0 Å². The van der Waals surface area contributed by atoms with E-state index in [1.54, 1.807) is 0 Å². The van der Waals surface area contributed by atoms with Crippen molar-refractivity contribution in [3.8, 4) is 11.1 Å². The van der Waals surface area contributed by atoms with E-state index in [9.17, 15) is 0 Å². The van der Waals surface area contributed by atoms with Crippen LogP contribution in [0.2, 0.25) is 5.02 Å². The minimum absolute atomic E-state index is 0. The monoisotopic (exact) mass is 127 g/mol. The van der Waals surface area contributed by atoms with Crippen molar-refractivity contribution in [3.05, 3.63) is 23.2 Å². The highest BCUT2D eigenvalue weighted by Crippen LogP contribution is 2.47. The maximum Gasteiger partial charge on any atom is 0.0563 e. The molecule has 2 rings (SSSR count). The van der Waals surface area contributed by atoms with Crippen LogP contribution in [-0.4, -0.2) is 0 Å². The van der Waals surface area contributed by atoms with Crippen molar-refractivity contribution in [1.82, 2.24) is 6.15 Å². The molecule has 8 heavy (non-hydrogen) atoms. The zero-order valence-electron chi connectivity index (χ0n) is 4.32. The van der Waals surface area contributed by atoms with E-state index in [0.29, 0.717) is 0 Å². The molecule has 0 unspecified atom stereocenters. The molecule has 0 radical (unpaired) electrons. The van der Waals surface area contributed by atoms with Crippen LogP contribution in [0, 0.1) is 0 Å². The number of fused-ring (bicyclic) bond motifs is 1. The van der Waals surface area contributed by atoms with Gasteiger partial charge in [0.05, 0.1) is 5.02 Å². The lowest BCUT2D eigenvalue weighted by molar-refractivity contribution is 2.00. The fourth-order valence-electron chi connectivity index (χ4n) is 0.758. The Morgan fingerprint density at radius 3 is 1.88 bits per heavy atom. The Labute approximate surface area is 52.9 Å². The first kappa shape index (κ1) is 5.60. The Balaban J connectivity index is 0.000000320. The standard InChI is InChI=1S/C6H3Cl.H3N/c7-6-4-2-1-3-5(4)6;/h1-3H;1H3. The molecule has 2 aliphatic rings. The van der Waals surface area contributed by atoms with Crippen LogP contribution in [0.5, 0.6) is 0 Å². The molecule has 42 valence electrons. The molecular formula is C6H6ClN. The van der Waals surface area contributed by atoms with Crippen LogP contribution < -0.4 is 6.15 Å². The SMILES string of the molecule is Clc1c2cccc1-2.N. The first-order valence-corrected chi connectivity index (χ1v) is 2.56. The van der Waals surface area contributed by atoms with E-state index in [1.807, 2.05) is 18.2 Å². The zero-order chi connectivity index (χ0) is 4.85. The molecule has 0 aromatic carbocycles. The molecule has 0 saturated carbocycles. The van der Waals surface area contributed by atoms with Crippen molar-refractivity contribution in [2.24, 2.45) is 0 Å². The molecule has 0 amide bonds. The van der Waals surface area contributed by atoms with Gasteiger partial charge < -0.3 is 6.15 Å². The van der Waals surface area contributed by atoms with Gasteiger partial charge in [-0.1, -0.05) is 29.8 Å². The Morgan fingerprint density at radius 1 is 1.12 bits per heavy atom. The zero-order valence-corrected chi connectivity index (χ0v) is 5.07. The minimum atomic E-state index is 0. The Morgan fingerprint density at radius 2 is 1.62 bits per heavy atom. The fourth-order valence-corrected chi connectivity index (χ4v) is 1.04. The summed E-state index contributed by atoms with van der Waals surface area (Å²) in [5.74, 6) is 0. The van der Waals surface area contributed by atoms with Gasteiger partial charge in [-0.25, -0.2) is 0 Å². The molecule has 0 fully saturated rings. The molecule has 1 nitrogen and oxygen atoms in total. The number of benzene rings is 1. The van der Waals surface area contributed by atoms with Crippen molar-refractivity contribution in [2.75, 3.05) is 0 Å². The molecule has 0 aromatic rings.